The van der Waals surface area contributed by atoms with E-state index in [9.17, 15) is 19.8 Å². The van der Waals surface area contributed by atoms with Crippen LogP contribution in [0.4, 0.5) is 0 Å². The lowest BCUT2D eigenvalue weighted by molar-refractivity contribution is -0.249. The van der Waals surface area contributed by atoms with Crippen LogP contribution in [0, 0.1) is 0 Å². The second kappa shape index (κ2) is 6.98. The Kier molecular flexibility index (Phi) is 4.65. The van der Waals surface area contributed by atoms with Crippen molar-refractivity contribution in [3.63, 3.8) is 0 Å². The highest BCUT2D eigenvalue weighted by molar-refractivity contribution is 6.28. The zero-order valence-electron chi connectivity index (χ0n) is 14.8. The summed E-state index contributed by atoms with van der Waals surface area (Å²) in [5.74, 6) is -0.336. The van der Waals surface area contributed by atoms with Gasteiger partial charge in [-0.25, -0.2) is 0 Å². The van der Waals surface area contributed by atoms with Gasteiger partial charge in [-0.2, -0.15) is 0 Å². The van der Waals surface area contributed by atoms with Crippen LogP contribution in [0.15, 0.2) is 42.5 Å². The number of benzene rings is 2. The summed E-state index contributed by atoms with van der Waals surface area (Å²) >= 11 is 0. The fraction of sp³-hybridized carbons (Fsp3) is 0.333. The van der Waals surface area contributed by atoms with Crippen molar-refractivity contribution in [1.29, 1.82) is 0 Å². The minimum Gasteiger partial charge on any atom is -0.390 e. The first kappa shape index (κ1) is 18.0. The van der Waals surface area contributed by atoms with Gasteiger partial charge in [0.05, 0.1) is 18.8 Å². The number of fused-ring (bicyclic) bond motifs is 2. The van der Waals surface area contributed by atoms with Gasteiger partial charge in [0.25, 0.3) is 0 Å². The second-order valence-corrected chi connectivity index (χ2v) is 6.96. The second-order valence-electron chi connectivity index (χ2n) is 6.96. The first-order chi connectivity index (χ1) is 13.0. The SMILES string of the molecule is C[C@H]1OC(OCc2ccc3c(c2)C(=O)c2ccccc2C3=O)C[C@@H](O)[C@@H]1O. The summed E-state index contributed by atoms with van der Waals surface area (Å²) < 4.78 is 11.2. The van der Waals surface area contributed by atoms with E-state index in [-0.39, 0.29) is 24.6 Å². The molecule has 6 heteroatoms. The van der Waals surface area contributed by atoms with E-state index in [1.54, 1.807) is 49.4 Å². The number of ether oxygens (including phenoxy) is 2. The molecule has 4 atom stereocenters. The van der Waals surface area contributed by atoms with Crippen molar-refractivity contribution in [2.24, 2.45) is 0 Å². The quantitative estimate of drug-likeness (QED) is 0.733. The summed E-state index contributed by atoms with van der Waals surface area (Å²) in [6.07, 6.45) is -2.85. The number of rotatable bonds is 3. The Labute approximate surface area is 156 Å². The fourth-order valence-electron chi connectivity index (χ4n) is 3.56. The molecular weight excluding hydrogens is 348 g/mol. The van der Waals surface area contributed by atoms with Crippen LogP contribution in [-0.4, -0.2) is 46.4 Å². The molecule has 2 N–H and O–H groups in total. The van der Waals surface area contributed by atoms with E-state index in [2.05, 4.69) is 0 Å². The molecule has 6 nitrogen and oxygen atoms in total. The molecule has 0 radical (unpaired) electrons. The van der Waals surface area contributed by atoms with Crippen LogP contribution in [0.5, 0.6) is 0 Å². The number of aliphatic hydroxyl groups is 2. The van der Waals surface area contributed by atoms with E-state index in [1.807, 2.05) is 0 Å². The van der Waals surface area contributed by atoms with Crippen LogP contribution in [-0.2, 0) is 16.1 Å². The molecule has 1 unspecified atom stereocenters. The van der Waals surface area contributed by atoms with E-state index in [1.165, 1.54) is 0 Å². The molecule has 0 amide bonds. The van der Waals surface area contributed by atoms with Gasteiger partial charge in [-0.3, -0.25) is 9.59 Å². The van der Waals surface area contributed by atoms with Crippen molar-refractivity contribution >= 4 is 11.6 Å². The van der Waals surface area contributed by atoms with Crippen molar-refractivity contribution in [3.8, 4) is 0 Å². The molecule has 27 heavy (non-hydrogen) atoms. The molecule has 1 saturated heterocycles. The number of ketones is 2. The van der Waals surface area contributed by atoms with Crippen LogP contribution in [0.3, 0.4) is 0 Å². The van der Waals surface area contributed by atoms with E-state index in [0.717, 1.165) is 5.56 Å². The van der Waals surface area contributed by atoms with Crippen molar-refractivity contribution in [2.75, 3.05) is 0 Å². The average Bonchev–Trinajstić information content (AvgIpc) is 2.68. The van der Waals surface area contributed by atoms with Crippen molar-refractivity contribution in [3.05, 3.63) is 70.3 Å². The van der Waals surface area contributed by atoms with Gasteiger partial charge in [-0.15, -0.1) is 0 Å². The third-order valence-electron chi connectivity index (χ3n) is 5.10. The number of hydrogen-bond donors (Lipinski definition) is 2. The predicted octanol–water partition coefficient (Wildman–Crippen LogP) is 1.84. The molecule has 140 valence electrons. The summed E-state index contributed by atoms with van der Waals surface area (Å²) in [4.78, 5) is 25.4. The minimum atomic E-state index is -0.933. The molecule has 1 fully saturated rings. The van der Waals surface area contributed by atoms with Gasteiger partial charge in [0.1, 0.15) is 6.10 Å². The molecule has 4 rings (SSSR count). The average molecular weight is 368 g/mol. The van der Waals surface area contributed by atoms with E-state index < -0.39 is 24.6 Å². The molecule has 2 aromatic carbocycles. The maximum Gasteiger partial charge on any atom is 0.194 e. The number of carbonyl (C=O) groups is 2. The monoisotopic (exact) mass is 368 g/mol. The lowest BCUT2D eigenvalue weighted by atomic mass is 9.83. The van der Waals surface area contributed by atoms with Crippen molar-refractivity contribution in [2.45, 2.75) is 44.6 Å². The van der Waals surface area contributed by atoms with E-state index in [0.29, 0.717) is 22.3 Å². The Balaban J connectivity index is 1.52. The molecule has 0 saturated carbocycles. The molecule has 1 aliphatic carbocycles. The molecule has 1 heterocycles. The first-order valence-corrected chi connectivity index (χ1v) is 8.90. The highest BCUT2D eigenvalue weighted by Crippen LogP contribution is 2.28. The number of hydrogen-bond acceptors (Lipinski definition) is 6. The Bertz CT molecular complexity index is 893. The lowest BCUT2D eigenvalue weighted by Gasteiger charge is -2.35. The van der Waals surface area contributed by atoms with Gasteiger partial charge < -0.3 is 19.7 Å². The molecule has 0 bridgehead atoms. The van der Waals surface area contributed by atoms with Gasteiger partial charge in [-0.05, 0) is 24.6 Å². The van der Waals surface area contributed by atoms with Gasteiger partial charge >= 0.3 is 0 Å². The normalized spacial score (nSPS) is 27.2. The zero-order chi connectivity index (χ0) is 19.1. The van der Waals surface area contributed by atoms with Gasteiger partial charge in [-0.1, -0.05) is 30.3 Å². The molecule has 2 aliphatic rings. The number of carbonyl (C=O) groups excluding carboxylic acids is 2. The van der Waals surface area contributed by atoms with E-state index in [4.69, 9.17) is 9.47 Å². The van der Waals surface area contributed by atoms with Crippen LogP contribution in [0.2, 0.25) is 0 Å². The molecule has 2 aromatic rings. The summed E-state index contributed by atoms with van der Waals surface area (Å²) in [7, 11) is 0. The standard InChI is InChI=1S/C21H20O6/c1-11-19(23)17(22)9-18(27-11)26-10-12-6-7-15-16(8-12)21(25)14-5-3-2-4-13(14)20(15)24/h2-8,11,17-19,22-23H,9-10H2,1H3/t11-,17-,18?,19-/m1/s1. The first-order valence-electron chi connectivity index (χ1n) is 8.90. The summed E-state index contributed by atoms with van der Waals surface area (Å²) in [5, 5.41) is 19.6. The van der Waals surface area contributed by atoms with Gasteiger partial charge in [0, 0.05) is 28.7 Å². The number of aliphatic hydroxyl groups excluding tert-OH is 2. The van der Waals surface area contributed by atoms with Crippen molar-refractivity contribution < 1.29 is 29.3 Å². The molecule has 0 spiro atoms. The summed E-state index contributed by atoms with van der Waals surface area (Å²) in [6, 6.07) is 11.9. The highest BCUT2D eigenvalue weighted by atomic mass is 16.7. The Hall–Kier alpha value is -2.38. The molecule has 0 aromatic heterocycles. The molecular formula is C21H20O6. The maximum atomic E-state index is 12.8. The third kappa shape index (κ3) is 3.21. The summed E-state index contributed by atoms with van der Waals surface area (Å²) in [6.45, 7) is 1.83. The third-order valence-corrected chi connectivity index (χ3v) is 5.10. The van der Waals surface area contributed by atoms with Crippen LogP contribution in [0.25, 0.3) is 0 Å². The van der Waals surface area contributed by atoms with Crippen LogP contribution in [0.1, 0.15) is 50.8 Å². The molecule has 1 aliphatic heterocycles. The Morgan fingerprint density at radius 3 is 2.30 bits per heavy atom. The van der Waals surface area contributed by atoms with Gasteiger partial charge in [0.15, 0.2) is 17.9 Å². The Morgan fingerprint density at radius 1 is 1.00 bits per heavy atom. The van der Waals surface area contributed by atoms with Crippen molar-refractivity contribution in [1.82, 2.24) is 0 Å². The van der Waals surface area contributed by atoms with E-state index >= 15 is 0 Å². The fourth-order valence-corrected chi connectivity index (χ4v) is 3.56. The minimum absolute atomic E-state index is 0.158. The zero-order valence-corrected chi connectivity index (χ0v) is 14.8. The van der Waals surface area contributed by atoms with Crippen LogP contribution >= 0.6 is 0 Å². The van der Waals surface area contributed by atoms with Crippen LogP contribution < -0.4 is 0 Å². The smallest absolute Gasteiger partial charge is 0.194 e. The maximum absolute atomic E-state index is 12.8. The predicted molar refractivity (Wildman–Crippen MR) is 95.5 cm³/mol. The topological polar surface area (TPSA) is 93.1 Å². The highest BCUT2D eigenvalue weighted by Gasteiger charge is 2.34. The Morgan fingerprint density at radius 2 is 1.63 bits per heavy atom. The lowest BCUT2D eigenvalue weighted by Crippen LogP contribution is -2.47. The van der Waals surface area contributed by atoms with Gasteiger partial charge in [0.2, 0.25) is 0 Å². The summed E-state index contributed by atoms with van der Waals surface area (Å²) in [5.41, 5.74) is 2.33. The largest absolute Gasteiger partial charge is 0.390 e.